The maximum Gasteiger partial charge on any atom is 0.219 e. The second-order valence-corrected chi connectivity index (χ2v) is 3.42. The van der Waals surface area contributed by atoms with Crippen LogP contribution in [0.3, 0.4) is 0 Å². The molecule has 10 heavy (non-hydrogen) atoms. The van der Waals surface area contributed by atoms with Crippen LogP contribution in [0.15, 0.2) is 0 Å². The number of amides is 1. The molecule has 0 saturated carbocycles. The lowest BCUT2D eigenvalue weighted by molar-refractivity contribution is -0.127. The summed E-state index contributed by atoms with van der Waals surface area (Å²) in [7, 11) is 0. The number of nitrogens with zero attached hydrogens (tertiary/aromatic N) is 1. The monoisotopic (exact) mass is 205 g/mol. The number of alkyl halides is 1. The molecule has 0 aromatic rings. The minimum Gasteiger partial charge on any atom is -0.343 e. The summed E-state index contributed by atoms with van der Waals surface area (Å²) in [5.74, 6) is 0.896. The smallest absolute Gasteiger partial charge is 0.219 e. The predicted octanol–water partition coefficient (Wildman–Crippen LogP) is 1.25. The number of carbonyl (C=O) groups is 1. The Labute approximate surface area is 69.7 Å². The number of halogens is 1. The highest BCUT2D eigenvalue weighted by Crippen LogP contribution is 2.17. The van der Waals surface area contributed by atoms with Gasteiger partial charge in [0.05, 0.1) is 0 Å². The molecule has 1 aliphatic heterocycles. The van der Waals surface area contributed by atoms with Gasteiger partial charge in [0.15, 0.2) is 0 Å². The lowest BCUT2D eigenvalue weighted by Gasteiger charge is -2.12. The number of hydrogen-bond donors (Lipinski definition) is 0. The second-order valence-electron chi connectivity index (χ2n) is 2.77. The van der Waals surface area contributed by atoms with E-state index in [1.54, 1.807) is 6.92 Å². The third kappa shape index (κ3) is 1.72. The summed E-state index contributed by atoms with van der Waals surface area (Å²) in [6, 6.07) is 0. The average Bonchev–Trinajstić information content (AvgIpc) is 2.34. The Hall–Kier alpha value is -0.0500. The molecule has 1 saturated heterocycles. The van der Waals surface area contributed by atoms with E-state index < -0.39 is 0 Å². The van der Waals surface area contributed by atoms with Gasteiger partial charge in [-0.2, -0.15) is 0 Å². The van der Waals surface area contributed by atoms with Gasteiger partial charge in [-0.1, -0.05) is 15.9 Å². The summed E-state index contributed by atoms with van der Waals surface area (Å²) in [6.07, 6.45) is 1.16. The molecule has 1 amide bonds. The van der Waals surface area contributed by atoms with Gasteiger partial charge in [0.2, 0.25) is 5.91 Å². The van der Waals surface area contributed by atoms with Gasteiger partial charge < -0.3 is 4.90 Å². The standard InChI is InChI=1S/C7H12BrNO/c1-6(10)9-3-2-7(4-8)5-9/h7H,2-5H2,1H3. The van der Waals surface area contributed by atoms with Crippen molar-refractivity contribution in [3.05, 3.63) is 0 Å². The summed E-state index contributed by atoms with van der Waals surface area (Å²) in [4.78, 5) is 12.7. The second kappa shape index (κ2) is 3.37. The van der Waals surface area contributed by atoms with E-state index >= 15 is 0 Å². The number of rotatable bonds is 1. The zero-order valence-electron chi connectivity index (χ0n) is 6.14. The molecular formula is C7H12BrNO. The molecule has 0 radical (unpaired) electrons. The van der Waals surface area contributed by atoms with Crippen LogP contribution in [0.5, 0.6) is 0 Å². The van der Waals surface area contributed by atoms with Gasteiger partial charge in [0.25, 0.3) is 0 Å². The third-order valence-electron chi connectivity index (χ3n) is 1.95. The summed E-state index contributed by atoms with van der Waals surface area (Å²) in [5, 5.41) is 1.02. The first-order valence-electron chi connectivity index (χ1n) is 3.55. The van der Waals surface area contributed by atoms with E-state index in [4.69, 9.17) is 0 Å². The van der Waals surface area contributed by atoms with E-state index in [0.29, 0.717) is 5.92 Å². The molecule has 58 valence electrons. The summed E-state index contributed by atoms with van der Waals surface area (Å²) in [5.41, 5.74) is 0. The molecule has 1 fully saturated rings. The van der Waals surface area contributed by atoms with Gasteiger partial charge in [-0.15, -0.1) is 0 Å². The van der Waals surface area contributed by atoms with Crippen molar-refractivity contribution in [3.63, 3.8) is 0 Å². The number of carbonyl (C=O) groups excluding carboxylic acids is 1. The zero-order valence-corrected chi connectivity index (χ0v) is 7.73. The van der Waals surface area contributed by atoms with E-state index in [1.807, 2.05) is 4.90 Å². The molecule has 0 N–H and O–H groups in total. The van der Waals surface area contributed by atoms with Crippen molar-refractivity contribution in [2.45, 2.75) is 13.3 Å². The molecular weight excluding hydrogens is 194 g/mol. The molecule has 1 heterocycles. The maximum atomic E-state index is 10.8. The predicted molar refractivity (Wildman–Crippen MR) is 44.2 cm³/mol. The van der Waals surface area contributed by atoms with Crippen LogP contribution in [0.25, 0.3) is 0 Å². The summed E-state index contributed by atoms with van der Waals surface area (Å²) < 4.78 is 0. The van der Waals surface area contributed by atoms with Crippen molar-refractivity contribution >= 4 is 21.8 Å². The van der Waals surface area contributed by atoms with Gasteiger partial charge in [-0.25, -0.2) is 0 Å². The lowest BCUT2D eigenvalue weighted by atomic mass is 10.2. The first-order chi connectivity index (χ1) is 4.74. The molecule has 0 bridgehead atoms. The number of likely N-dealkylation sites (tertiary alicyclic amines) is 1. The van der Waals surface area contributed by atoms with Crippen LogP contribution in [0.1, 0.15) is 13.3 Å². The van der Waals surface area contributed by atoms with Gasteiger partial charge in [0, 0.05) is 25.3 Å². The largest absolute Gasteiger partial charge is 0.343 e. The molecule has 0 aliphatic carbocycles. The van der Waals surface area contributed by atoms with Crippen LogP contribution in [0.4, 0.5) is 0 Å². The van der Waals surface area contributed by atoms with Crippen LogP contribution < -0.4 is 0 Å². The Kier molecular flexibility index (Phi) is 2.72. The Morgan fingerprint density at radius 1 is 1.80 bits per heavy atom. The highest BCUT2D eigenvalue weighted by Gasteiger charge is 2.22. The van der Waals surface area contributed by atoms with Crippen molar-refractivity contribution in [2.24, 2.45) is 5.92 Å². The Balaban J connectivity index is 2.35. The van der Waals surface area contributed by atoms with E-state index in [9.17, 15) is 4.79 Å². The first-order valence-corrected chi connectivity index (χ1v) is 4.67. The molecule has 1 unspecified atom stereocenters. The quantitative estimate of drug-likeness (QED) is 0.591. The molecule has 0 aromatic heterocycles. The first kappa shape index (κ1) is 8.05. The zero-order chi connectivity index (χ0) is 7.56. The van der Waals surface area contributed by atoms with Crippen molar-refractivity contribution in [3.8, 4) is 0 Å². The summed E-state index contributed by atoms with van der Waals surface area (Å²) in [6.45, 7) is 3.53. The van der Waals surface area contributed by atoms with E-state index in [2.05, 4.69) is 15.9 Å². The Bertz CT molecular complexity index is 138. The summed E-state index contributed by atoms with van der Waals surface area (Å²) >= 11 is 3.41. The van der Waals surface area contributed by atoms with Crippen LogP contribution in [0.2, 0.25) is 0 Å². The van der Waals surface area contributed by atoms with Crippen LogP contribution in [-0.2, 0) is 4.79 Å². The molecule has 1 aliphatic rings. The van der Waals surface area contributed by atoms with Crippen molar-refractivity contribution in [1.29, 1.82) is 0 Å². The van der Waals surface area contributed by atoms with E-state index in [-0.39, 0.29) is 5.91 Å². The van der Waals surface area contributed by atoms with E-state index in [1.165, 1.54) is 0 Å². The van der Waals surface area contributed by atoms with Crippen molar-refractivity contribution in [1.82, 2.24) is 4.90 Å². The Morgan fingerprint density at radius 3 is 2.80 bits per heavy atom. The van der Waals surface area contributed by atoms with Gasteiger partial charge in [0.1, 0.15) is 0 Å². The molecule has 1 atom stereocenters. The lowest BCUT2D eigenvalue weighted by Crippen LogP contribution is -2.25. The SMILES string of the molecule is CC(=O)N1CCC(CBr)C1. The fourth-order valence-corrected chi connectivity index (χ4v) is 1.77. The minimum absolute atomic E-state index is 0.212. The highest BCUT2D eigenvalue weighted by molar-refractivity contribution is 9.09. The normalized spacial score (nSPS) is 25.4. The van der Waals surface area contributed by atoms with E-state index in [0.717, 1.165) is 24.8 Å². The van der Waals surface area contributed by atoms with Gasteiger partial charge >= 0.3 is 0 Å². The minimum atomic E-state index is 0.212. The van der Waals surface area contributed by atoms with Crippen LogP contribution in [0, 0.1) is 5.92 Å². The van der Waals surface area contributed by atoms with Gasteiger partial charge in [-0.3, -0.25) is 4.79 Å². The maximum absolute atomic E-state index is 10.8. The molecule has 2 nitrogen and oxygen atoms in total. The number of hydrogen-bond acceptors (Lipinski definition) is 1. The molecule has 3 heteroatoms. The highest BCUT2D eigenvalue weighted by atomic mass is 79.9. The van der Waals surface area contributed by atoms with Crippen LogP contribution in [-0.4, -0.2) is 29.2 Å². The van der Waals surface area contributed by atoms with Crippen molar-refractivity contribution < 1.29 is 4.79 Å². The van der Waals surface area contributed by atoms with Crippen LogP contribution >= 0.6 is 15.9 Å². The van der Waals surface area contributed by atoms with Crippen molar-refractivity contribution in [2.75, 3.05) is 18.4 Å². The fraction of sp³-hybridized carbons (Fsp3) is 0.857. The third-order valence-corrected chi connectivity index (χ3v) is 2.87. The molecule has 0 aromatic carbocycles. The molecule has 0 spiro atoms. The average molecular weight is 206 g/mol. The van der Waals surface area contributed by atoms with Gasteiger partial charge in [-0.05, 0) is 12.3 Å². The topological polar surface area (TPSA) is 20.3 Å². The fourth-order valence-electron chi connectivity index (χ4n) is 1.24. The Morgan fingerprint density at radius 2 is 2.50 bits per heavy atom. The molecule has 1 rings (SSSR count).